The number of aliphatic carboxylic acids is 2. The summed E-state index contributed by atoms with van der Waals surface area (Å²) in [5.74, 6) is -4.37. The fourth-order valence-corrected chi connectivity index (χ4v) is 3.87. The third-order valence-corrected chi connectivity index (χ3v) is 6.00. The number of urea groups is 1. The Morgan fingerprint density at radius 2 is 1.67 bits per heavy atom. The van der Waals surface area contributed by atoms with Crippen LogP contribution in [0.2, 0.25) is 0 Å². The predicted molar refractivity (Wildman–Crippen MR) is 150 cm³/mol. The molecular weight excluding hydrogens is 568 g/mol. The number of H-pyrrole nitrogens is 1. The molecule has 2 aromatic heterocycles. The van der Waals surface area contributed by atoms with Gasteiger partial charge in [0.2, 0.25) is 0 Å². The molecule has 4 rings (SSSR count). The van der Waals surface area contributed by atoms with Gasteiger partial charge in [0.15, 0.2) is 0 Å². The number of carbonyl (C=O) groups is 4. The van der Waals surface area contributed by atoms with E-state index in [4.69, 9.17) is 9.84 Å². The van der Waals surface area contributed by atoms with Gasteiger partial charge in [-0.05, 0) is 55.3 Å². The Morgan fingerprint density at radius 3 is 2.40 bits per heavy atom. The monoisotopic (exact) mass is 593 g/mol. The van der Waals surface area contributed by atoms with Gasteiger partial charge in [0.05, 0.1) is 28.3 Å². The van der Waals surface area contributed by atoms with Crippen molar-refractivity contribution in [2.45, 2.75) is 25.8 Å². The third kappa shape index (κ3) is 8.13. The lowest BCUT2D eigenvalue weighted by Crippen LogP contribution is -2.41. The Balaban J connectivity index is 1.40. The first-order valence-corrected chi connectivity index (χ1v) is 12.7. The second-order valence-corrected chi connectivity index (χ2v) is 9.28. The number of halogens is 2. The van der Waals surface area contributed by atoms with E-state index in [1.165, 1.54) is 54.9 Å². The summed E-state index contributed by atoms with van der Waals surface area (Å²) in [4.78, 5) is 54.0. The number of rotatable bonds is 11. The number of hydrogen-bond donors (Lipinski definition) is 6. The molecule has 6 N–H and O–H groups in total. The van der Waals surface area contributed by atoms with E-state index in [2.05, 4.69) is 25.9 Å². The van der Waals surface area contributed by atoms with Crippen LogP contribution in [0.4, 0.5) is 25.0 Å². The molecule has 222 valence electrons. The number of carbonyl (C=O) groups excluding carboxylic acids is 2. The Bertz CT molecular complexity index is 1690. The van der Waals surface area contributed by atoms with Crippen molar-refractivity contribution in [3.63, 3.8) is 0 Å². The van der Waals surface area contributed by atoms with Crippen molar-refractivity contribution in [3.05, 3.63) is 89.8 Å². The number of ether oxygens (including phenoxy) is 1. The summed E-state index contributed by atoms with van der Waals surface area (Å²) in [6, 6.07) is 10.1. The van der Waals surface area contributed by atoms with Crippen molar-refractivity contribution in [1.29, 1.82) is 0 Å². The molecule has 1 atom stereocenters. The first-order valence-electron chi connectivity index (χ1n) is 12.7. The zero-order valence-electron chi connectivity index (χ0n) is 22.5. The number of amides is 3. The van der Waals surface area contributed by atoms with Gasteiger partial charge in [-0.15, -0.1) is 0 Å². The number of benzene rings is 2. The topological polar surface area (TPSA) is 183 Å². The number of carboxylic acids is 2. The smallest absolute Gasteiger partial charge is 0.326 e. The molecule has 12 nitrogen and oxygen atoms in total. The van der Waals surface area contributed by atoms with Gasteiger partial charge in [-0.2, -0.15) is 0 Å². The Kier molecular flexibility index (Phi) is 9.30. The van der Waals surface area contributed by atoms with Gasteiger partial charge in [0.25, 0.3) is 5.91 Å². The van der Waals surface area contributed by atoms with Crippen molar-refractivity contribution in [3.8, 4) is 22.9 Å². The molecule has 0 saturated carbocycles. The SMILES string of the molecule is Cc1ccc(F)c(NC(=O)Nc2ccc(Oc3ccnc(-c4cc(C(=O)N[C@@H](CCC(=O)O)C(=O)O)c[nH]4)c3)cc2F)c1. The van der Waals surface area contributed by atoms with Gasteiger partial charge in [0.1, 0.15) is 29.2 Å². The molecule has 0 bridgehead atoms. The minimum Gasteiger partial charge on any atom is -0.481 e. The van der Waals surface area contributed by atoms with Crippen molar-refractivity contribution < 1.29 is 42.9 Å². The van der Waals surface area contributed by atoms with Gasteiger partial charge < -0.3 is 35.9 Å². The fourth-order valence-electron chi connectivity index (χ4n) is 3.87. The zero-order chi connectivity index (χ0) is 31.1. The lowest BCUT2D eigenvalue weighted by atomic mass is 10.1. The van der Waals surface area contributed by atoms with E-state index >= 15 is 0 Å². The van der Waals surface area contributed by atoms with Crippen LogP contribution in [-0.4, -0.2) is 50.1 Å². The summed E-state index contributed by atoms with van der Waals surface area (Å²) in [6.07, 6.45) is 2.03. The highest BCUT2D eigenvalue weighted by Gasteiger charge is 2.22. The molecule has 0 aliphatic rings. The largest absolute Gasteiger partial charge is 0.481 e. The number of carboxylic acid groups (broad SMARTS) is 2. The first-order chi connectivity index (χ1) is 20.5. The first kappa shape index (κ1) is 30.2. The van der Waals surface area contributed by atoms with E-state index < -0.39 is 48.0 Å². The lowest BCUT2D eigenvalue weighted by Gasteiger charge is -2.12. The molecule has 4 aromatic rings. The van der Waals surface area contributed by atoms with E-state index in [1.54, 1.807) is 13.0 Å². The second kappa shape index (κ2) is 13.2. The molecule has 14 heteroatoms. The molecule has 0 aliphatic heterocycles. The van der Waals surface area contributed by atoms with Gasteiger partial charge in [-0.25, -0.2) is 18.4 Å². The van der Waals surface area contributed by atoms with Crippen LogP contribution in [-0.2, 0) is 9.59 Å². The zero-order valence-corrected chi connectivity index (χ0v) is 22.5. The van der Waals surface area contributed by atoms with E-state index in [-0.39, 0.29) is 34.9 Å². The van der Waals surface area contributed by atoms with Crippen LogP contribution in [0, 0.1) is 18.6 Å². The second-order valence-electron chi connectivity index (χ2n) is 9.28. The molecule has 0 radical (unpaired) electrons. The Labute approximate surface area is 242 Å². The number of aryl methyl sites for hydroxylation is 1. The standard InChI is InChI=1S/C29H25F2N5O7/c1-15-2-4-19(30)23(10-15)36-29(42)35-21-5-3-17(12-20(21)31)43-18-8-9-32-25(13-18)24-11-16(14-33-24)27(39)34-22(28(40)41)6-7-26(37)38/h2-5,8-14,22,33H,6-7H2,1H3,(H,34,39)(H,37,38)(H,40,41)(H2,35,36,42)/t22-/m0/s1. The fraction of sp³-hybridized carbons (Fsp3) is 0.138. The van der Waals surface area contributed by atoms with Gasteiger partial charge in [0, 0.05) is 30.9 Å². The third-order valence-electron chi connectivity index (χ3n) is 6.00. The van der Waals surface area contributed by atoms with Crippen molar-refractivity contribution in [2.24, 2.45) is 0 Å². The maximum Gasteiger partial charge on any atom is 0.326 e. The summed E-state index contributed by atoms with van der Waals surface area (Å²) in [7, 11) is 0. The number of pyridine rings is 1. The van der Waals surface area contributed by atoms with E-state index in [9.17, 15) is 33.1 Å². The lowest BCUT2D eigenvalue weighted by molar-refractivity contribution is -0.140. The van der Waals surface area contributed by atoms with E-state index in [0.717, 1.165) is 11.6 Å². The number of anilines is 2. The molecular formula is C29H25F2N5O7. The summed E-state index contributed by atoms with van der Waals surface area (Å²) in [5.41, 5.74) is 1.32. The molecule has 0 spiro atoms. The molecule has 2 aromatic carbocycles. The Morgan fingerprint density at radius 1 is 0.930 bits per heavy atom. The summed E-state index contributed by atoms with van der Waals surface area (Å²) < 4.78 is 34.4. The predicted octanol–water partition coefficient (Wildman–Crippen LogP) is 5.15. The van der Waals surface area contributed by atoms with Gasteiger partial charge >= 0.3 is 18.0 Å². The van der Waals surface area contributed by atoms with Crippen molar-refractivity contribution >= 4 is 35.3 Å². The van der Waals surface area contributed by atoms with Crippen LogP contribution >= 0.6 is 0 Å². The quantitative estimate of drug-likeness (QED) is 0.138. The van der Waals surface area contributed by atoms with Crippen LogP contribution < -0.4 is 20.7 Å². The highest BCUT2D eigenvalue weighted by molar-refractivity contribution is 6.00. The molecule has 2 heterocycles. The van der Waals surface area contributed by atoms with Crippen LogP contribution in [0.3, 0.4) is 0 Å². The number of hydrogen-bond acceptors (Lipinski definition) is 6. The minimum absolute atomic E-state index is 0.0543. The summed E-state index contributed by atoms with van der Waals surface area (Å²) in [5, 5.41) is 25.0. The maximum atomic E-state index is 14.7. The summed E-state index contributed by atoms with van der Waals surface area (Å²) >= 11 is 0. The normalized spacial score (nSPS) is 11.3. The van der Waals surface area contributed by atoms with E-state index in [0.29, 0.717) is 11.4 Å². The van der Waals surface area contributed by atoms with Crippen molar-refractivity contribution in [1.82, 2.24) is 15.3 Å². The number of aromatic nitrogens is 2. The highest BCUT2D eigenvalue weighted by atomic mass is 19.1. The van der Waals surface area contributed by atoms with Crippen LogP contribution in [0.5, 0.6) is 11.5 Å². The van der Waals surface area contributed by atoms with Gasteiger partial charge in [-0.3, -0.25) is 14.6 Å². The minimum atomic E-state index is -1.38. The molecule has 43 heavy (non-hydrogen) atoms. The summed E-state index contributed by atoms with van der Waals surface area (Å²) in [6.45, 7) is 1.73. The van der Waals surface area contributed by atoms with Crippen molar-refractivity contribution in [2.75, 3.05) is 10.6 Å². The van der Waals surface area contributed by atoms with Crippen LogP contribution in [0.1, 0.15) is 28.8 Å². The maximum absolute atomic E-state index is 14.7. The molecule has 0 unspecified atom stereocenters. The average molecular weight is 594 g/mol. The van der Waals surface area contributed by atoms with E-state index in [1.807, 2.05) is 0 Å². The molecule has 0 aliphatic carbocycles. The average Bonchev–Trinajstić information content (AvgIpc) is 3.45. The van der Waals surface area contributed by atoms with Gasteiger partial charge in [-0.1, -0.05) is 6.07 Å². The highest BCUT2D eigenvalue weighted by Crippen LogP contribution is 2.28. The number of nitrogens with one attached hydrogen (secondary N) is 4. The Hall–Kier alpha value is -5.79. The molecule has 3 amide bonds. The number of nitrogens with zero attached hydrogens (tertiary/aromatic N) is 1. The van der Waals surface area contributed by atoms with Crippen LogP contribution in [0.15, 0.2) is 67.0 Å². The molecule has 0 fully saturated rings. The number of aromatic amines is 1. The van der Waals surface area contributed by atoms with Crippen LogP contribution in [0.25, 0.3) is 11.4 Å². The molecule has 0 saturated heterocycles.